The number of hydrogen-bond acceptors (Lipinski definition) is 8. The van der Waals surface area contributed by atoms with Gasteiger partial charge in [-0.2, -0.15) is 0 Å². The largest absolute Gasteiger partial charge is 0.477 e. The first-order chi connectivity index (χ1) is 20.9. The summed E-state index contributed by atoms with van der Waals surface area (Å²) in [5.41, 5.74) is 1.55. The number of aromatic carboxylic acids is 1. The Morgan fingerprint density at radius 2 is 1.91 bits per heavy atom. The van der Waals surface area contributed by atoms with Crippen molar-refractivity contribution in [3.8, 4) is 11.6 Å². The van der Waals surface area contributed by atoms with Crippen LogP contribution >= 0.6 is 23.2 Å². The van der Waals surface area contributed by atoms with Crippen LogP contribution in [0.1, 0.15) is 30.6 Å². The van der Waals surface area contributed by atoms with E-state index in [9.17, 15) is 14.7 Å². The van der Waals surface area contributed by atoms with E-state index in [1.165, 1.54) is 6.20 Å². The third-order valence-electron chi connectivity index (χ3n) is 8.14. The number of carboxylic acids is 1. The van der Waals surface area contributed by atoms with Crippen molar-refractivity contribution in [3.05, 3.63) is 92.8 Å². The second kappa shape index (κ2) is 11.4. The van der Waals surface area contributed by atoms with Crippen LogP contribution in [0.2, 0.25) is 10.0 Å². The maximum absolute atomic E-state index is 13.3. The molecule has 2 aliphatic rings. The average molecular weight is 636 g/mol. The Labute approximate surface area is 264 Å². The van der Waals surface area contributed by atoms with Crippen molar-refractivity contribution >= 4 is 51.6 Å². The molecule has 228 valence electrons. The average Bonchev–Trinajstić information content (AvgIpc) is 3.26. The summed E-state index contributed by atoms with van der Waals surface area (Å²) < 4.78 is 7.57. The fourth-order valence-electron chi connectivity index (χ4n) is 5.68. The van der Waals surface area contributed by atoms with E-state index in [-0.39, 0.29) is 22.2 Å². The molecule has 0 atom stereocenters. The van der Waals surface area contributed by atoms with Gasteiger partial charge in [-0.25, -0.2) is 14.8 Å². The van der Waals surface area contributed by atoms with Gasteiger partial charge in [0.15, 0.2) is 0 Å². The quantitative estimate of drug-likeness (QED) is 0.257. The molecule has 0 amide bonds. The molecule has 5 heterocycles. The Bertz CT molecular complexity index is 1850. The van der Waals surface area contributed by atoms with E-state index >= 15 is 0 Å². The lowest BCUT2D eigenvalue weighted by molar-refractivity contribution is 0.0695. The van der Waals surface area contributed by atoms with Crippen molar-refractivity contribution in [2.45, 2.75) is 26.3 Å². The minimum Gasteiger partial charge on any atom is -0.477 e. The van der Waals surface area contributed by atoms with E-state index in [0.717, 1.165) is 24.6 Å². The summed E-state index contributed by atoms with van der Waals surface area (Å²) >= 11 is 13.1. The molecule has 0 unspecified atom stereocenters. The number of hydrogen-bond donors (Lipinski definition) is 1. The molecule has 2 saturated heterocycles. The number of anilines is 2. The number of aromatic nitrogens is 3. The molecule has 0 spiro atoms. The number of fused-ring (bicyclic) bond motifs is 1. The summed E-state index contributed by atoms with van der Waals surface area (Å²) in [6, 6.07) is 11.1. The Morgan fingerprint density at radius 1 is 1.14 bits per heavy atom. The number of rotatable bonds is 7. The molecule has 3 aromatic heterocycles. The monoisotopic (exact) mass is 634 g/mol. The Kier molecular flexibility index (Phi) is 7.77. The van der Waals surface area contributed by atoms with Crippen LogP contribution < -0.4 is 20.0 Å². The lowest BCUT2D eigenvalue weighted by atomic mass is 9.92. The zero-order chi connectivity index (χ0) is 31.3. The maximum atomic E-state index is 13.3. The smallest absolute Gasteiger partial charge is 0.341 e. The van der Waals surface area contributed by atoms with Gasteiger partial charge in [-0.3, -0.25) is 4.79 Å². The highest BCUT2D eigenvalue weighted by atomic mass is 35.5. The van der Waals surface area contributed by atoms with Crippen LogP contribution in [0, 0.1) is 5.41 Å². The van der Waals surface area contributed by atoms with E-state index < -0.39 is 11.4 Å². The lowest BCUT2D eigenvalue weighted by Gasteiger charge is -2.43. The van der Waals surface area contributed by atoms with Gasteiger partial charge in [-0.15, -0.1) is 0 Å². The Morgan fingerprint density at radius 3 is 2.57 bits per heavy atom. The third kappa shape index (κ3) is 5.60. The highest BCUT2D eigenvalue weighted by Gasteiger charge is 2.36. The molecule has 1 N–H and O–H groups in total. The lowest BCUT2D eigenvalue weighted by Crippen LogP contribution is -2.57. The number of pyridine rings is 3. The van der Waals surface area contributed by atoms with Gasteiger partial charge in [0, 0.05) is 43.5 Å². The number of carboxylic acid groups (broad SMARTS) is 1. The first-order valence-corrected chi connectivity index (χ1v) is 14.9. The van der Waals surface area contributed by atoms with Crippen LogP contribution in [0.25, 0.3) is 16.6 Å². The third-order valence-corrected chi connectivity index (χ3v) is 8.73. The van der Waals surface area contributed by atoms with Gasteiger partial charge >= 0.3 is 5.97 Å². The zero-order valence-electron chi connectivity index (χ0n) is 24.8. The molecule has 6 rings (SSSR count). The van der Waals surface area contributed by atoms with Gasteiger partial charge in [0.1, 0.15) is 22.7 Å². The predicted octanol–water partition coefficient (Wildman–Crippen LogP) is 5.69. The predicted molar refractivity (Wildman–Crippen MR) is 173 cm³/mol. The molecule has 12 heteroatoms. The molecule has 2 fully saturated rings. The number of halogens is 2. The van der Waals surface area contributed by atoms with Gasteiger partial charge in [-0.1, -0.05) is 37.0 Å². The number of ether oxygens (including phenoxy) is 1. The maximum Gasteiger partial charge on any atom is 0.341 e. The van der Waals surface area contributed by atoms with Gasteiger partial charge in [-0.05, 0) is 62.3 Å². The summed E-state index contributed by atoms with van der Waals surface area (Å²) in [5, 5.41) is 10.8. The number of benzene rings is 1. The van der Waals surface area contributed by atoms with Crippen molar-refractivity contribution in [1.29, 1.82) is 0 Å². The van der Waals surface area contributed by atoms with Crippen molar-refractivity contribution < 1.29 is 14.6 Å². The summed E-state index contributed by atoms with van der Waals surface area (Å²) in [5.74, 6) is -0.193. The van der Waals surface area contributed by atoms with Gasteiger partial charge in [0.05, 0.1) is 33.8 Å². The van der Waals surface area contributed by atoms with Crippen molar-refractivity contribution in [2.24, 2.45) is 5.41 Å². The van der Waals surface area contributed by atoms with Crippen molar-refractivity contribution in [2.75, 3.05) is 43.5 Å². The minimum atomic E-state index is -1.32. The molecule has 4 aromatic rings. The fraction of sp³-hybridized carbons (Fsp3) is 0.312. The Balaban J connectivity index is 1.43. The molecule has 0 saturated carbocycles. The summed E-state index contributed by atoms with van der Waals surface area (Å²) in [6.07, 6.45) is 6.96. The van der Waals surface area contributed by atoms with Crippen LogP contribution in [-0.4, -0.2) is 70.3 Å². The molecule has 10 nitrogen and oxygen atoms in total. The van der Waals surface area contributed by atoms with E-state index in [2.05, 4.69) is 47.7 Å². The first-order valence-electron chi connectivity index (χ1n) is 14.2. The molecule has 1 aromatic carbocycles. The van der Waals surface area contributed by atoms with Crippen LogP contribution in [0.15, 0.2) is 71.7 Å². The summed E-state index contributed by atoms with van der Waals surface area (Å²) in [4.78, 5) is 40.7. The van der Waals surface area contributed by atoms with Crippen LogP contribution in [0.4, 0.5) is 11.5 Å². The standard InChI is InChI=1S/C32H32Cl2N6O4/c1-32(2)12-20(17-44-30-24(33)6-5-9-35-30)40(18-32)27-11-26-22(10-25(27)34)29(41)23(31(42)43)16-39(26)19-7-8-28(36-13-19)38-14-21(15-38)37(3)4/h5-11,13,16-17,21H,12,14-15,18H2,1-4H3,(H,42,43)/b20-17+. The van der Waals surface area contributed by atoms with Crippen molar-refractivity contribution in [1.82, 2.24) is 19.4 Å². The molecule has 44 heavy (non-hydrogen) atoms. The molecular weight excluding hydrogens is 603 g/mol. The van der Waals surface area contributed by atoms with Crippen LogP contribution in [0.3, 0.4) is 0 Å². The van der Waals surface area contributed by atoms with E-state index in [4.69, 9.17) is 27.9 Å². The molecule has 2 aliphatic heterocycles. The van der Waals surface area contributed by atoms with Gasteiger partial charge < -0.3 is 29.1 Å². The first kappa shape index (κ1) is 29.9. The van der Waals surface area contributed by atoms with Crippen LogP contribution in [0.5, 0.6) is 5.88 Å². The van der Waals surface area contributed by atoms with Gasteiger partial charge in [0.2, 0.25) is 11.3 Å². The summed E-state index contributed by atoms with van der Waals surface area (Å²) in [6.45, 7) is 6.67. The highest BCUT2D eigenvalue weighted by molar-refractivity contribution is 6.34. The second-order valence-corrected chi connectivity index (χ2v) is 13.0. The number of allylic oxidation sites excluding steroid dienone is 1. The normalized spacial score (nSPS) is 17.5. The molecule has 0 bridgehead atoms. The highest BCUT2D eigenvalue weighted by Crippen LogP contribution is 2.43. The number of carbonyl (C=O) groups is 1. The number of likely N-dealkylation sites (N-methyl/N-ethyl adjacent to an activating group) is 1. The molecule has 0 aliphatic carbocycles. The zero-order valence-corrected chi connectivity index (χ0v) is 26.3. The van der Waals surface area contributed by atoms with Crippen molar-refractivity contribution in [3.63, 3.8) is 0 Å². The SMILES string of the molecule is CN(C)C1CN(c2ccc(-n3cc(C(=O)O)c(=O)c4cc(Cl)c(N5CC(C)(C)C/C5=C\Oc5ncccc5Cl)cc43)cn2)C1. The fourth-order valence-corrected chi connectivity index (χ4v) is 6.11. The molecule has 0 radical (unpaired) electrons. The minimum absolute atomic E-state index is 0.115. The Hall–Kier alpha value is -4.12. The van der Waals surface area contributed by atoms with E-state index in [1.807, 2.05) is 23.1 Å². The topological polar surface area (TPSA) is 104 Å². The van der Waals surface area contributed by atoms with E-state index in [1.54, 1.807) is 41.4 Å². The van der Waals surface area contributed by atoms with Gasteiger partial charge in [0.25, 0.3) is 0 Å². The summed E-state index contributed by atoms with van der Waals surface area (Å²) in [7, 11) is 4.12. The number of nitrogens with zero attached hydrogens (tertiary/aromatic N) is 6. The molecular formula is C32H32Cl2N6O4. The second-order valence-electron chi connectivity index (χ2n) is 12.2. The van der Waals surface area contributed by atoms with Crippen LogP contribution in [-0.2, 0) is 0 Å². The van der Waals surface area contributed by atoms with E-state index in [0.29, 0.717) is 45.9 Å².